The number of nitrogens with one attached hydrogen (secondary N) is 2. The number of aliphatic hydroxyl groups is 1. The van der Waals surface area contributed by atoms with Crippen LogP contribution in [0.2, 0.25) is 0 Å². The van der Waals surface area contributed by atoms with E-state index < -0.39 is 0 Å². The Balaban J connectivity index is 3.35. The first kappa shape index (κ1) is 13.2. The lowest BCUT2D eigenvalue weighted by atomic mass is 10.2. The van der Waals surface area contributed by atoms with Crippen LogP contribution in [-0.4, -0.2) is 30.3 Å². The molecule has 0 heterocycles. The zero-order valence-electron chi connectivity index (χ0n) is 9.34. The van der Waals surface area contributed by atoms with Gasteiger partial charge in [-0.1, -0.05) is 20.8 Å². The number of aliphatic hydroxyl groups excluding tert-OH is 1. The summed E-state index contributed by atoms with van der Waals surface area (Å²) in [5.74, 6) is 0.460. The maximum absolute atomic E-state index is 11.1. The first-order valence-corrected chi connectivity index (χ1v) is 5.26. The van der Waals surface area contributed by atoms with Crippen molar-refractivity contribution in [2.45, 2.75) is 39.7 Å². The second-order valence-corrected chi connectivity index (χ2v) is 3.88. The normalized spacial score (nSPS) is 12.6. The molecule has 4 heteroatoms. The molecule has 84 valence electrons. The lowest BCUT2D eigenvalue weighted by Gasteiger charge is -2.11. The highest BCUT2D eigenvalue weighted by Gasteiger charge is 2.03. The van der Waals surface area contributed by atoms with E-state index in [0.717, 1.165) is 6.42 Å². The van der Waals surface area contributed by atoms with Crippen LogP contribution in [0.15, 0.2) is 0 Å². The molecule has 1 atom stereocenters. The van der Waals surface area contributed by atoms with Crippen molar-refractivity contribution in [2.75, 3.05) is 13.1 Å². The molecule has 0 rings (SSSR count). The fourth-order valence-electron chi connectivity index (χ4n) is 0.916. The van der Waals surface area contributed by atoms with E-state index in [2.05, 4.69) is 10.6 Å². The first-order valence-electron chi connectivity index (χ1n) is 5.26. The van der Waals surface area contributed by atoms with Gasteiger partial charge in [-0.15, -0.1) is 0 Å². The Bertz CT molecular complexity index is 160. The minimum absolute atomic E-state index is 0.151. The van der Waals surface area contributed by atoms with Gasteiger partial charge in [0.2, 0.25) is 0 Å². The molecule has 2 amide bonds. The van der Waals surface area contributed by atoms with E-state index in [1.54, 1.807) is 0 Å². The quantitative estimate of drug-likeness (QED) is 0.604. The topological polar surface area (TPSA) is 61.4 Å². The van der Waals surface area contributed by atoms with E-state index >= 15 is 0 Å². The number of carbonyl (C=O) groups is 1. The van der Waals surface area contributed by atoms with Gasteiger partial charge < -0.3 is 15.7 Å². The van der Waals surface area contributed by atoms with E-state index in [0.29, 0.717) is 25.4 Å². The van der Waals surface area contributed by atoms with Crippen molar-refractivity contribution < 1.29 is 9.90 Å². The summed E-state index contributed by atoms with van der Waals surface area (Å²) in [5.41, 5.74) is 0. The maximum Gasteiger partial charge on any atom is 0.314 e. The van der Waals surface area contributed by atoms with Gasteiger partial charge in [0.1, 0.15) is 0 Å². The van der Waals surface area contributed by atoms with Gasteiger partial charge >= 0.3 is 6.03 Å². The van der Waals surface area contributed by atoms with Crippen molar-refractivity contribution in [3.8, 4) is 0 Å². The summed E-state index contributed by atoms with van der Waals surface area (Å²) in [4.78, 5) is 11.1. The summed E-state index contributed by atoms with van der Waals surface area (Å²) in [6, 6.07) is -0.151. The number of rotatable bonds is 6. The van der Waals surface area contributed by atoms with Gasteiger partial charge in [0.05, 0.1) is 6.10 Å². The largest absolute Gasteiger partial charge is 0.393 e. The summed E-state index contributed by atoms with van der Waals surface area (Å²) in [7, 11) is 0. The molecule has 0 aromatic heterocycles. The molecule has 0 fully saturated rings. The predicted molar refractivity (Wildman–Crippen MR) is 57.2 cm³/mol. The molecule has 0 aliphatic carbocycles. The highest BCUT2D eigenvalue weighted by atomic mass is 16.3. The summed E-state index contributed by atoms with van der Waals surface area (Å²) in [5, 5.41) is 14.7. The average Bonchev–Trinajstić information content (AvgIpc) is 2.14. The van der Waals surface area contributed by atoms with Gasteiger partial charge in [-0.05, 0) is 18.8 Å². The van der Waals surface area contributed by atoms with Crippen molar-refractivity contribution in [3.63, 3.8) is 0 Å². The molecule has 0 aliphatic heterocycles. The molecule has 1 unspecified atom stereocenters. The molecule has 14 heavy (non-hydrogen) atoms. The Labute approximate surface area is 86.1 Å². The average molecular weight is 202 g/mol. The van der Waals surface area contributed by atoms with Crippen LogP contribution in [0.25, 0.3) is 0 Å². The van der Waals surface area contributed by atoms with E-state index in [-0.39, 0.29) is 12.1 Å². The minimum Gasteiger partial charge on any atom is -0.393 e. The lowest BCUT2D eigenvalue weighted by molar-refractivity contribution is 0.160. The Morgan fingerprint density at radius 3 is 2.50 bits per heavy atom. The highest BCUT2D eigenvalue weighted by Crippen LogP contribution is 1.94. The van der Waals surface area contributed by atoms with Crippen molar-refractivity contribution >= 4 is 6.03 Å². The van der Waals surface area contributed by atoms with Crippen LogP contribution in [0.3, 0.4) is 0 Å². The molecule has 0 spiro atoms. The SMILES string of the molecule is CCC(O)CCNC(=O)NCC(C)C. The van der Waals surface area contributed by atoms with Gasteiger partial charge in [0.25, 0.3) is 0 Å². The smallest absolute Gasteiger partial charge is 0.314 e. The molecule has 0 bridgehead atoms. The zero-order valence-corrected chi connectivity index (χ0v) is 9.34. The Kier molecular flexibility index (Phi) is 7.20. The second kappa shape index (κ2) is 7.62. The molecule has 0 saturated heterocycles. The van der Waals surface area contributed by atoms with Crippen LogP contribution in [-0.2, 0) is 0 Å². The standard InChI is InChI=1S/C10H22N2O2/c1-4-9(13)5-6-11-10(14)12-7-8(2)3/h8-9,13H,4-7H2,1-3H3,(H2,11,12,14). The van der Waals surface area contributed by atoms with E-state index in [1.165, 1.54) is 0 Å². The highest BCUT2D eigenvalue weighted by molar-refractivity contribution is 5.73. The molecule has 0 saturated carbocycles. The van der Waals surface area contributed by atoms with Gasteiger partial charge in [-0.2, -0.15) is 0 Å². The molecule has 0 radical (unpaired) electrons. The lowest BCUT2D eigenvalue weighted by Crippen LogP contribution is -2.38. The predicted octanol–water partition coefficient (Wildman–Crippen LogP) is 1.10. The van der Waals surface area contributed by atoms with Crippen LogP contribution >= 0.6 is 0 Å². The minimum atomic E-state index is -0.305. The molecule has 3 N–H and O–H groups in total. The van der Waals surface area contributed by atoms with Crippen molar-refractivity contribution in [2.24, 2.45) is 5.92 Å². The van der Waals surface area contributed by atoms with Crippen LogP contribution in [0, 0.1) is 5.92 Å². The third kappa shape index (κ3) is 7.86. The molecular formula is C10H22N2O2. The Morgan fingerprint density at radius 1 is 1.36 bits per heavy atom. The van der Waals surface area contributed by atoms with E-state index in [4.69, 9.17) is 0 Å². The zero-order chi connectivity index (χ0) is 11.0. The van der Waals surface area contributed by atoms with Crippen LogP contribution in [0.1, 0.15) is 33.6 Å². The summed E-state index contributed by atoms with van der Waals surface area (Å²) >= 11 is 0. The van der Waals surface area contributed by atoms with Gasteiger partial charge in [0.15, 0.2) is 0 Å². The summed E-state index contributed by atoms with van der Waals surface area (Å²) < 4.78 is 0. The fourth-order valence-corrected chi connectivity index (χ4v) is 0.916. The Hall–Kier alpha value is -0.770. The summed E-state index contributed by atoms with van der Waals surface area (Å²) in [6.45, 7) is 7.22. The maximum atomic E-state index is 11.1. The van der Waals surface area contributed by atoms with Gasteiger partial charge in [-0.25, -0.2) is 4.79 Å². The van der Waals surface area contributed by atoms with Crippen molar-refractivity contribution in [3.05, 3.63) is 0 Å². The summed E-state index contributed by atoms with van der Waals surface area (Å²) in [6.07, 6.45) is 1.04. The number of hydrogen-bond donors (Lipinski definition) is 3. The molecule has 0 aromatic carbocycles. The second-order valence-electron chi connectivity index (χ2n) is 3.88. The van der Waals surface area contributed by atoms with Crippen molar-refractivity contribution in [1.82, 2.24) is 10.6 Å². The third-order valence-corrected chi connectivity index (χ3v) is 1.91. The number of carbonyl (C=O) groups excluding carboxylic acids is 1. The van der Waals surface area contributed by atoms with E-state index in [1.807, 2.05) is 20.8 Å². The fraction of sp³-hybridized carbons (Fsp3) is 0.900. The third-order valence-electron chi connectivity index (χ3n) is 1.91. The van der Waals surface area contributed by atoms with Crippen molar-refractivity contribution in [1.29, 1.82) is 0 Å². The molecule has 0 aromatic rings. The molecular weight excluding hydrogens is 180 g/mol. The molecule has 0 aliphatic rings. The van der Waals surface area contributed by atoms with Crippen LogP contribution in [0.5, 0.6) is 0 Å². The van der Waals surface area contributed by atoms with Gasteiger partial charge in [0, 0.05) is 13.1 Å². The van der Waals surface area contributed by atoms with Gasteiger partial charge in [-0.3, -0.25) is 0 Å². The van der Waals surface area contributed by atoms with Crippen LogP contribution < -0.4 is 10.6 Å². The number of amides is 2. The number of hydrogen-bond acceptors (Lipinski definition) is 2. The number of urea groups is 1. The Morgan fingerprint density at radius 2 is 2.00 bits per heavy atom. The van der Waals surface area contributed by atoms with Crippen LogP contribution in [0.4, 0.5) is 4.79 Å². The monoisotopic (exact) mass is 202 g/mol. The first-order chi connectivity index (χ1) is 6.56. The molecule has 4 nitrogen and oxygen atoms in total. The van der Waals surface area contributed by atoms with E-state index in [9.17, 15) is 9.90 Å².